The van der Waals surface area contributed by atoms with Gasteiger partial charge in [0.1, 0.15) is 29.9 Å². The second-order valence-electron chi connectivity index (χ2n) is 11.2. The molecule has 0 bridgehead atoms. The Morgan fingerprint density at radius 1 is 0.739 bits per heavy atom. The van der Waals surface area contributed by atoms with E-state index in [-0.39, 0.29) is 62.2 Å². The molecular formula is C31H45N9O6. The van der Waals surface area contributed by atoms with Crippen molar-refractivity contribution in [3.63, 3.8) is 0 Å². The highest BCUT2D eigenvalue weighted by molar-refractivity contribution is 5.95. The Balaban J connectivity index is 2.35. The summed E-state index contributed by atoms with van der Waals surface area (Å²) < 4.78 is 0. The summed E-state index contributed by atoms with van der Waals surface area (Å²) in [6.45, 7) is 3.83. The molecule has 3 amide bonds. The lowest BCUT2D eigenvalue weighted by molar-refractivity contribution is -0.142. The van der Waals surface area contributed by atoms with Crippen molar-refractivity contribution >= 4 is 35.6 Å². The van der Waals surface area contributed by atoms with E-state index in [1.54, 1.807) is 42.5 Å². The van der Waals surface area contributed by atoms with Gasteiger partial charge in [-0.2, -0.15) is 0 Å². The van der Waals surface area contributed by atoms with Gasteiger partial charge in [-0.15, -0.1) is 0 Å². The number of nitrogens with zero attached hydrogens (tertiary/aromatic N) is 2. The molecule has 0 spiro atoms. The molecule has 15 heteroatoms. The maximum absolute atomic E-state index is 13.7. The largest absolute Gasteiger partial charge is 0.508 e. The van der Waals surface area contributed by atoms with E-state index in [0.29, 0.717) is 11.1 Å². The monoisotopic (exact) mass is 639 g/mol. The van der Waals surface area contributed by atoms with Gasteiger partial charge in [0, 0.05) is 19.4 Å². The van der Waals surface area contributed by atoms with Crippen LogP contribution in [0.2, 0.25) is 0 Å². The van der Waals surface area contributed by atoms with Crippen LogP contribution in [-0.4, -0.2) is 76.5 Å². The average molecular weight is 640 g/mol. The van der Waals surface area contributed by atoms with E-state index >= 15 is 0 Å². The number of rotatable bonds is 18. The van der Waals surface area contributed by atoms with Gasteiger partial charge in [-0.3, -0.25) is 19.4 Å². The summed E-state index contributed by atoms with van der Waals surface area (Å²) in [7, 11) is 0. The van der Waals surface area contributed by atoms with Gasteiger partial charge in [0.05, 0.1) is 0 Å². The molecule has 0 aliphatic heterocycles. The Labute approximate surface area is 267 Å². The van der Waals surface area contributed by atoms with E-state index < -0.39 is 47.9 Å². The lowest BCUT2D eigenvalue weighted by Gasteiger charge is -2.26. The number of aromatic hydroxyl groups is 1. The number of benzene rings is 2. The third-order valence-corrected chi connectivity index (χ3v) is 6.79. The normalized spacial score (nSPS) is 13.4. The fraction of sp³-hybridized carbons (Fsp3) is 0.419. The van der Waals surface area contributed by atoms with Crippen LogP contribution in [0.5, 0.6) is 5.75 Å². The van der Waals surface area contributed by atoms with Gasteiger partial charge >= 0.3 is 5.97 Å². The first-order chi connectivity index (χ1) is 21.7. The summed E-state index contributed by atoms with van der Waals surface area (Å²) in [6.07, 6.45) is 0.652. The topological polar surface area (TPSA) is 274 Å². The van der Waals surface area contributed by atoms with Gasteiger partial charge in [0.15, 0.2) is 11.9 Å². The number of carboxylic acid groups (broad SMARTS) is 1. The number of hydrogen-bond donors (Lipinski definition) is 9. The van der Waals surface area contributed by atoms with Crippen molar-refractivity contribution in [2.24, 2.45) is 38.8 Å². The number of carboxylic acids is 1. The molecule has 0 aliphatic carbocycles. The predicted molar refractivity (Wildman–Crippen MR) is 174 cm³/mol. The maximum Gasteiger partial charge on any atom is 0.326 e. The second kappa shape index (κ2) is 18.5. The molecular weight excluding hydrogens is 594 g/mol. The van der Waals surface area contributed by atoms with Crippen LogP contribution in [0.15, 0.2) is 64.6 Å². The van der Waals surface area contributed by atoms with E-state index in [1.165, 1.54) is 12.1 Å². The zero-order valence-corrected chi connectivity index (χ0v) is 26.1. The highest BCUT2D eigenvalue weighted by Crippen LogP contribution is 2.14. The minimum absolute atomic E-state index is 0.0203. The number of hydrogen-bond acceptors (Lipinski definition) is 7. The molecule has 0 fully saturated rings. The number of nitrogens with two attached hydrogens (primary N) is 4. The third kappa shape index (κ3) is 13.5. The number of aliphatic carboxylic acids is 1. The molecule has 0 saturated heterocycles. The van der Waals surface area contributed by atoms with E-state index in [1.807, 2.05) is 13.8 Å². The van der Waals surface area contributed by atoms with Gasteiger partial charge in [0.2, 0.25) is 17.7 Å². The molecule has 4 atom stereocenters. The van der Waals surface area contributed by atoms with Crippen LogP contribution in [-0.2, 0) is 32.0 Å². The number of phenols is 1. The predicted octanol–water partition coefficient (Wildman–Crippen LogP) is -0.542. The standard InChI is InChI=1S/C31H45N9O6/c1-18(2)15-25(29(45)46)39-27(43)23(16-19-7-4-3-5-8-19)38-26(42)22(9-6-14-36-30(32)33)37-28(44)24(40-31(34)35)17-20-10-12-21(41)13-11-20/h3-5,7-8,10-13,18,22-25,41H,6,9,14-17H2,1-2H3,(H,37,44)(H,38,42)(H,39,43)(H,45,46)(H4,32,33,36)(H4,34,35,40)/t22-,23+,24+,25+/m1/s1. The molecule has 0 aromatic heterocycles. The van der Waals surface area contributed by atoms with Crippen molar-refractivity contribution in [1.82, 2.24) is 16.0 Å². The highest BCUT2D eigenvalue weighted by Gasteiger charge is 2.31. The van der Waals surface area contributed by atoms with Gasteiger partial charge in [-0.05, 0) is 48.4 Å². The first-order valence-corrected chi connectivity index (χ1v) is 14.8. The minimum Gasteiger partial charge on any atom is -0.508 e. The van der Waals surface area contributed by atoms with Crippen molar-refractivity contribution in [1.29, 1.82) is 0 Å². The zero-order chi connectivity index (χ0) is 34.2. The van der Waals surface area contributed by atoms with E-state index in [2.05, 4.69) is 25.9 Å². The fourth-order valence-corrected chi connectivity index (χ4v) is 4.57. The summed E-state index contributed by atoms with van der Waals surface area (Å²) in [5.41, 5.74) is 23.4. The SMILES string of the molecule is CC(C)C[C@H](NC(=O)[C@H](Cc1ccccc1)NC(=O)[C@@H](CCCN=C(N)N)NC(=O)[C@H](Cc1ccc(O)cc1)N=C(N)N)C(=O)O. The van der Waals surface area contributed by atoms with Gasteiger partial charge in [0.25, 0.3) is 0 Å². The molecule has 0 unspecified atom stereocenters. The lowest BCUT2D eigenvalue weighted by atomic mass is 10.0. The lowest BCUT2D eigenvalue weighted by Crippen LogP contribution is -2.57. The molecule has 13 N–H and O–H groups in total. The molecule has 2 aromatic carbocycles. The summed E-state index contributed by atoms with van der Waals surface area (Å²) in [5.74, 6) is -3.72. The number of phenolic OH excluding ortho intramolecular Hbond substituents is 1. The van der Waals surface area contributed by atoms with Gasteiger partial charge in [-0.1, -0.05) is 56.3 Å². The van der Waals surface area contributed by atoms with Crippen molar-refractivity contribution in [2.75, 3.05) is 6.54 Å². The number of aliphatic imine (C=N–C) groups is 2. The van der Waals surface area contributed by atoms with Crippen LogP contribution in [0.3, 0.4) is 0 Å². The van der Waals surface area contributed by atoms with Crippen molar-refractivity contribution < 1.29 is 29.4 Å². The Morgan fingerprint density at radius 3 is 1.87 bits per heavy atom. The summed E-state index contributed by atoms with van der Waals surface area (Å²) in [4.78, 5) is 60.5. The minimum atomic E-state index is -1.20. The molecule has 0 saturated carbocycles. The third-order valence-electron chi connectivity index (χ3n) is 6.79. The van der Waals surface area contributed by atoms with Crippen LogP contribution in [0.4, 0.5) is 0 Å². The number of guanidine groups is 2. The molecule has 15 nitrogen and oxygen atoms in total. The van der Waals surface area contributed by atoms with Crippen LogP contribution >= 0.6 is 0 Å². The van der Waals surface area contributed by atoms with Crippen LogP contribution in [0.1, 0.15) is 44.2 Å². The highest BCUT2D eigenvalue weighted by atomic mass is 16.4. The first kappa shape index (κ1) is 36.8. The molecule has 0 aliphatic rings. The van der Waals surface area contributed by atoms with Crippen molar-refractivity contribution in [3.8, 4) is 5.75 Å². The van der Waals surface area contributed by atoms with Gasteiger partial charge in [-0.25, -0.2) is 9.79 Å². The Kier molecular flexibility index (Phi) is 14.8. The summed E-state index contributed by atoms with van der Waals surface area (Å²) in [5, 5.41) is 27.2. The van der Waals surface area contributed by atoms with E-state index in [4.69, 9.17) is 22.9 Å². The quantitative estimate of drug-likeness (QED) is 0.0570. The Morgan fingerprint density at radius 2 is 1.30 bits per heavy atom. The molecule has 0 heterocycles. The number of nitrogens with one attached hydrogen (secondary N) is 3. The van der Waals surface area contributed by atoms with Crippen LogP contribution in [0, 0.1) is 5.92 Å². The molecule has 0 radical (unpaired) electrons. The number of carbonyl (C=O) groups is 4. The summed E-state index contributed by atoms with van der Waals surface area (Å²) >= 11 is 0. The van der Waals surface area contributed by atoms with Crippen LogP contribution < -0.4 is 38.9 Å². The smallest absolute Gasteiger partial charge is 0.326 e. The zero-order valence-electron chi connectivity index (χ0n) is 26.1. The number of carbonyl (C=O) groups excluding carboxylic acids is 3. The molecule has 2 rings (SSSR count). The molecule has 46 heavy (non-hydrogen) atoms. The average Bonchev–Trinajstić information content (AvgIpc) is 2.98. The fourth-order valence-electron chi connectivity index (χ4n) is 4.57. The molecule has 250 valence electrons. The van der Waals surface area contributed by atoms with E-state index in [0.717, 1.165) is 0 Å². The van der Waals surface area contributed by atoms with E-state index in [9.17, 15) is 29.4 Å². The maximum atomic E-state index is 13.7. The Hall–Kier alpha value is -5.34. The number of amides is 3. The molecule has 2 aromatic rings. The van der Waals surface area contributed by atoms with Crippen molar-refractivity contribution in [3.05, 3.63) is 65.7 Å². The second-order valence-corrected chi connectivity index (χ2v) is 11.2. The van der Waals surface area contributed by atoms with Crippen LogP contribution in [0.25, 0.3) is 0 Å². The Bertz CT molecular complexity index is 1360. The van der Waals surface area contributed by atoms with Gasteiger partial charge < -0.3 is 49.1 Å². The van der Waals surface area contributed by atoms with Crippen molar-refractivity contribution in [2.45, 2.75) is 70.1 Å². The summed E-state index contributed by atoms with van der Waals surface area (Å²) in [6, 6.07) is 10.4. The first-order valence-electron chi connectivity index (χ1n) is 14.8.